The number of urea groups is 1. The van der Waals surface area contributed by atoms with E-state index in [9.17, 15) is 9.18 Å². The molecule has 5 nitrogen and oxygen atoms in total. The van der Waals surface area contributed by atoms with Gasteiger partial charge in [0, 0.05) is 18.8 Å². The molecular formula is C14H23FN4O. The van der Waals surface area contributed by atoms with Gasteiger partial charge in [0.05, 0.1) is 6.34 Å². The third-order valence-corrected chi connectivity index (χ3v) is 3.11. The van der Waals surface area contributed by atoms with E-state index in [1.165, 1.54) is 12.4 Å². The third kappa shape index (κ3) is 4.77. The van der Waals surface area contributed by atoms with Crippen LogP contribution in [0.5, 0.6) is 0 Å². The highest BCUT2D eigenvalue weighted by atomic mass is 19.1. The molecule has 0 aromatic rings. The molecule has 0 saturated carbocycles. The molecule has 1 saturated heterocycles. The van der Waals surface area contributed by atoms with Gasteiger partial charge in [-0.1, -0.05) is 6.08 Å². The number of allylic oxidation sites excluding steroid dienone is 3. The summed E-state index contributed by atoms with van der Waals surface area (Å²) in [4.78, 5) is 17.7. The molecule has 2 amide bonds. The minimum absolute atomic E-state index is 0.0653. The van der Waals surface area contributed by atoms with Gasteiger partial charge in [-0.25, -0.2) is 9.18 Å². The number of carbonyl (C=O) groups is 1. The Kier molecular flexibility index (Phi) is 7.57. The second-order valence-corrected chi connectivity index (χ2v) is 4.47. The first-order valence-corrected chi connectivity index (χ1v) is 6.84. The zero-order valence-electron chi connectivity index (χ0n) is 12.1. The first-order valence-electron chi connectivity index (χ1n) is 6.84. The van der Waals surface area contributed by atoms with E-state index in [2.05, 4.69) is 15.6 Å². The Balaban J connectivity index is 2.97. The number of amides is 2. The molecule has 0 unspecified atom stereocenters. The molecule has 0 aliphatic carbocycles. The fourth-order valence-electron chi connectivity index (χ4n) is 2.24. The third-order valence-electron chi connectivity index (χ3n) is 3.11. The Morgan fingerprint density at radius 3 is 2.75 bits per heavy atom. The Labute approximate surface area is 119 Å². The zero-order chi connectivity index (χ0) is 14.8. The second kappa shape index (κ2) is 9.25. The van der Waals surface area contributed by atoms with Crippen molar-refractivity contribution in [3.63, 3.8) is 0 Å². The number of nitrogens with one attached hydrogen (secondary N) is 2. The minimum Gasteiger partial charge on any atom is -0.317 e. The molecule has 2 N–H and O–H groups in total. The number of piperidine rings is 1. The van der Waals surface area contributed by atoms with E-state index in [1.807, 2.05) is 6.92 Å². The summed E-state index contributed by atoms with van der Waals surface area (Å²) in [5.41, 5.74) is 0.587. The van der Waals surface area contributed by atoms with Crippen LogP contribution in [0, 0.1) is 0 Å². The molecule has 0 atom stereocenters. The lowest BCUT2D eigenvalue weighted by atomic mass is 10.0. The largest absolute Gasteiger partial charge is 0.327 e. The van der Waals surface area contributed by atoms with Crippen molar-refractivity contribution in [1.82, 2.24) is 15.5 Å². The molecule has 20 heavy (non-hydrogen) atoms. The van der Waals surface area contributed by atoms with E-state index in [1.54, 1.807) is 24.1 Å². The molecule has 0 radical (unpaired) electrons. The van der Waals surface area contributed by atoms with Crippen LogP contribution in [0.2, 0.25) is 0 Å². The predicted molar refractivity (Wildman–Crippen MR) is 79.6 cm³/mol. The van der Waals surface area contributed by atoms with Crippen molar-refractivity contribution in [2.45, 2.75) is 25.8 Å². The van der Waals surface area contributed by atoms with Gasteiger partial charge in [-0.3, -0.25) is 15.2 Å². The summed E-state index contributed by atoms with van der Waals surface area (Å²) in [5, 5.41) is 5.86. The van der Waals surface area contributed by atoms with Crippen LogP contribution in [0.25, 0.3) is 0 Å². The lowest BCUT2D eigenvalue weighted by Crippen LogP contribution is -2.49. The number of aliphatic imine (C=N–C) groups is 1. The van der Waals surface area contributed by atoms with E-state index >= 15 is 0 Å². The molecule has 0 aromatic heterocycles. The summed E-state index contributed by atoms with van der Waals surface area (Å²) >= 11 is 0. The summed E-state index contributed by atoms with van der Waals surface area (Å²) in [6, 6.07) is -0.212. The van der Waals surface area contributed by atoms with Crippen molar-refractivity contribution < 1.29 is 9.18 Å². The maximum absolute atomic E-state index is 12.7. The van der Waals surface area contributed by atoms with Gasteiger partial charge in [-0.15, -0.1) is 0 Å². The first-order chi connectivity index (χ1) is 9.74. The maximum Gasteiger partial charge on any atom is 0.327 e. The van der Waals surface area contributed by atoms with Gasteiger partial charge in [0.15, 0.2) is 0 Å². The molecule has 1 aliphatic heterocycles. The number of carbonyl (C=O) groups excluding carboxylic acids is 1. The number of nitrogens with zero attached hydrogens (tertiary/aromatic N) is 2. The van der Waals surface area contributed by atoms with Gasteiger partial charge in [-0.05, 0) is 45.0 Å². The average Bonchev–Trinajstić information content (AvgIpc) is 2.47. The standard InChI is InChI=1S/C14H23FN4O/c1-3-4-12(5-8-15)19(14(20)18-11-16-2)13-6-9-17-10-7-13/h3-5,11,13,17H,6-10H2,1-2H3,(H,16,18,20)/b4-3-,12-5+. The molecule has 1 aliphatic rings. The smallest absolute Gasteiger partial charge is 0.317 e. The Morgan fingerprint density at radius 1 is 1.50 bits per heavy atom. The monoisotopic (exact) mass is 282 g/mol. The predicted octanol–water partition coefficient (Wildman–Crippen LogP) is 1.84. The van der Waals surface area contributed by atoms with Gasteiger partial charge >= 0.3 is 6.03 Å². The summed E-state index contributed by atoms with van der Waals surface area (Å²) < 4.78 is 12.7. The SMILES string of the molecule is C/C=C\C(=C/CF)N(C(=O)NC=NC)C1CCNCC1. The minimum atomic E-state index is -0.601. The molecule has 0 bridgehead atoms. The Hall–Kier alpha value is -1.69. The molecule has 0 aromatic carbocycles. The van der Waals surface area contributed by atoms with E-state index in [-0.39, 0.29) is 12.1 Å². The topological polar surface area (TPSA) is 56.7 Å². The van der Waals surface area contributed by atoms with Crippen LogP contribution in [0.15, 0.2) is 28.9 Å². The van der Waals surface area contributed by atoms with Gasteiger partial charge < -0.3 is 5.32 Å². The second-order valence-electron chi connectivity index (χ2n) is 4.47. The van der Waals surface area contributed by atoms with Crippen molar-refractivity contribution in [2.24, 2.45) is 4.99 Å². The maximum atomic E-state index is 12.7. The fourth-order valence-corrected chi connectivity index (χ4v) is 2.24. The van der Waals surface area contributed by atoms with Crippen molar-refractivity contribution in [2.75, 3.05) is 26.8 Å². The van der Waals surface area contributed by atoms with E-state index in [0.717, 1.165) is 25.9 Å². The van der Waals surface area contributed by atoms with Crippen LogP contribution in [-0.4, -0.2) is 50.1 Å². The normalized spacial score (nSPS) is 17.9. The molecule has 112 valence electrons. The van der Waals surface area contributed by atoms with Crippen LogP contribution in [0.3, 0.4) is 0 Å². The first kappa shape index (κ1) is 16.4. The van der Waals surface area contributed by atoms with E-state index < -0.39 is 6.67 Å². The lowest BCUT2D eigenvalue weighted by molar-refractivity contribution is 0.187. The number of halogens is 1. The van der Waals surface area contributed by atoms with Crippen LogP contribution in [0.4, 0.5) is 9.18 Å². The van der Waals surface area contributed by atoms with Crippen molar-refractivity contribution in [3.8, 4) is 0 Å². The summed E-state index contributed by atoms with van der Waals surface area (Å²) in [6.45, 7) is 2.96. The zero-order valence-corrected chi connectivity index (χ0v) is 12.1. The molecule has 0 spiro atoms. The fraction of sp³-hybridized carbons (Fsp3) is 0.571. The van der Waals surface area contributed by atoms with Crippen LogP contribution >= 0.6 is 0 Å². The highest BCUT2D eigenvalue weighted by Crippen LogP contribution is 2.19. The summed E-state index contributed by atoms with van der Waals surface area (Å²) in [7, 11) is 1.58. The number of hydrogen-bond acceptors (Lipinski definition) is 3. The van der Waals surface area contributed by atoms with Crippen molar-refractivity contribution in [3.05, 3.63) is 23.9 Å². The van der Waals surface area contributed by atoms with Gasteiger partial charge in [0.1, 0.15) is 6.67 Å². The Bertz CT molecular complexity index is 387. The molecule has 1 heterocycles. The average molecular weight is 282 g/mol. The van der Waals surface area contributed by atoms with E-state index in [4.69, 9.17) is 0 Å². The number of alkyl halides is 1. The van der Waals surface area contributed by atoms with E-state index in [0.29, 0.717) is 5.70 Å². The van der Waals surface area contributed by atoms with Crippen LogP contribution in [0.1, 0.15) is 19.8 Å². The number of hydrogen-bond donors (Lipinski definition) is 2. The molecule has 1 fully saturated rings. The van der Waals surface area contributed by atoms with Crippen LogP contribution in [-0.2, 0) is 0 Å². The summed E-state index contributed by atoms with van der Waals surface area (Å²) in [5.74, 6) is 0. The molecule has 6 heteroatoms. The summed E-state index contributed by atoms with van der Waals surface area (Å²) in [6.07, 6.45) is 8.01. The quantitative estimate of drug-likeness (QED) is 0.459. The molecule has 1 rings (SSSR count). The Morgan fingerprint density at radius 2 is 2.20 bits per heavy atom. The van der Waals surface area contributed by atoms with Crippen molar-refractivity contribution >= 4 is 12.4 Å². The molecular weight excluding hydrogens is 259 g/mol. The van der Waals surface area contributed by atoms with Crippen LogP contribution < -0.4 is 10.6 Å². The van der Waals surface area contributed by atoms with Gasteiger partial charge in [0.2, 0.25) is 0 Å². The number of rotatable bonds is 5. The van der Waals surface area contributed by atoms with Crippen molar-refractivity contribution in [1.29, 1.82) is 0 Å². The van der Waals surface area contributed by atoms with Gasteiger partial charge in [-0.2, -0.15) is 0 Å². The highest BCUT2D eigenvalue weighted by molar-refractivity contribution is 5.87. The van der Waals surface area contributed by atoms with Gasteiger partial charge in [0.25, 0.3) is 0 Å². The lowest BCUT2D eigenvalue weighted by Gasteiger charge is -2.35. The highest BCUT2D eigenvalue weighted by Gasteiger charge is 2.26.